The maximum atomic E-state index is 9.42. The van der Waals surface area contributed by atoms with Crippen LogP contribution >= 0.6 is 0 Å². The van der Waals surface area contributed by atoms with Crippen molar-refractivity contribution in [1.29, 1.82) is 5.26 Å². The fourth-order valence-electron chi connectivity index (χ4n) is 2.60. The Bertz CT molecular complexity index is 939. The van der Waals surface area contributed by atoms with Crippen molar-refractivity contribution in [3.05, 3.63) is 70.8 Å². The summed E-state index contributed by atoms with van der Waals surface area (Å²) in [4.78, 5) is 0. The van der Waals surface area contributed by atoms with E-state index in [0.717, 1.165) is 22.4 Å². The van der Waals surface area contributed by atoms with E-state index in [4.69, 9.17) is 15.2 Å². The number of ether oxygens (including phenoxy) is 2. The van der Waals surface area contributed by atoms with Crippen LogP contribution in [0.4, 0.5) is 5.82 Å². The Balaban J connectivity index is 1.80. The van der Waals surface area contributed by atoms with Gasteiger partial charge in [0, 0.05) is 0 Å². The number of hydrogen-bond acceptors (Lipinski definition) is 5. The summed E-state index contributed by atoms with van der Waals surface area (Å²) in [7, 11) is 1.62. The molecule has 0 bridgehead atoms. The topological polar surface area (TPSA) is 86.1 Å². The molecule has 26 heavy (non-hydrogen) atoms. The van der Waals surface area contributed by atoms with Crippen molar-refractivity contribution in [2.75, 3.05) is 12.8 Å². The Morgan fingerprint density at radius 1 is 1.15 bits per heavy atom. The van der Waals surface area contributed by atoms with E-state index in [-0.39, 0.29) is 11.4 Å². The van der Waals surface area contributed by atoms with Crippen LogP contribution in [0, 0.1) is 18.3 Å². The second kappa shape index (κ2) is 7.62. The van der Waals surface area contributed by atoms with E-state index in [1.807, 2.05) is 55.5 Å². The average molecular weight is 348 g/mol. The Hall–Kier alpha value is -3.46. The molecule has 6 heteroatoms. The first-order valence-corrected chi connectivity index (χ1v) is 8.19. The number of benzene rings is 2. The molecule has 3 aromatic rings. The van der Waals surface area contributed by atoms with Gasteiger partial charge in [0.2, 0.25) is 0 Å². The lowest BCUT2D eigenvalue weighted by Gasteiger charge is -2.06. The zero-order valence-electron chi connectivity index (χ0n) is 14.8. The van der Waals surface area contributed by atoms with E-state index in [1.54, 1.807) is 11.8 Å². The van der Waals surface area contributed by atoms with E-state index < -0.39 is 0 Å². The van der Waals surface area contributed by atoms with Gasteiger partial charge in [0.15, 0.2) is 5.56 Å². The summed E-state index contributed by atoms with van der Waals surface area (Å²) >= 11 is 0. The standard InChI is InChI=1S/C20H20N4O2/c1-14-5-3-4-6-16(14)13-26-20-18(11-21)19(22)24(23-20)12-15-7-9-17(25-2)10-8-15/h3-10H,12-13,22H2,1-2H3. The first-order valence-electron chi connectivity index (χ1n) is 8.19. The number of nitrogens with zero attached hydrogens (tertiary/aromatic N) is 3. The van der Waals surface area contributed by atoms with Gasteiger partial charge in [-0.2, -0.15) is 5.26 Å². The largest absolute Gasteiger partial charge is 0.497 e. The number of aryl methyl sites for hydroxylation is 1. The molecule has 0 spiro atoms. The molecule has 0 radical (unpaired) electrons. The summed E-state index contributed by atoms with van der Waals surface area (Å²) < 4.78 is 12.5. The minimum Gasteiger partial charge on any atom is -0.497 e. The smallest absolute Gasteiger partial charge is 0.253 e. The van der Waals surface area contributed by atoms with Crippen LogP contribution in [0.25, 0.3) is 0 Å². The van der Waals surface area contributed by atoms with Crippen LogP contribution in [0.1, 0.15) is 22.3 Å². The normalized spacial score (nSPS) is 10.3. The minimum absolute atomic E-state index is 0.252. The highest BCUT2D eigenvalue weighted by Crippen LogP contribution is 2.25. The number of nitrogens with two attached hydrogens (primary N) is 1. The molecule has 2 N–H and O–H groups in total. The van der Waals surface area contributed by atoms with Crippen LogP contribution < -0.4 is 15.2 Å². The van der Waals surface area contributed by atoms with Crippen molar-refractivity contribution in [3.8, 4) is 17.7 Å². The van der Waals surface area contributed by atoms with Crippen molar-refractivity contribution in [1.82, 2.24) is 9.78 Å². The Morgan fingerprint density at radius 3 is 2.54 bits per heavy atom. The molecule has 0 aliphatic heterocycles. The molecule has 6 nitrogen and oxygen atoms in total. The number of methoxy groups -OCH3 is 1. The maximum Gasteiger partial charge on any atom is 0.253 e. The second-order valence-electron chi connectivity index (χ2n) is 5.90. The quantitative estimate of drug-likeness (QED) is 0.739. The van der Waals surface area contributed by atoms with Gasteiger partial charge in [0.05, 0.1) is 13.7 Å². The Labute approximate surface area is 152 Å². The Kier molecular flexibility index (Phi) is 5.09. The highest BCUT2D eigenvalue weighted by molar-refractivity contribution is 5.55. The van der Waals surface area contributed by atoms with Crippen LogP contribution in [0.5, 0.6) is 11.6 Å². The predicted octanol–water partition coefficient (Wildman–Crippen LogP) is 3.28. The average Bonchev–Trinajstić information content (AvgIpc) is 2.96. The lowest BCUT2D eigenvalue weighted by Crippen LogP contribution is -2.06. The highest BCUT2D eigenvalue weighted by atomic mass is 16.5. The van der Waals surface area contributed by atoms with Crippen LogP contribution in [0.15, 0.2) is 48.5 Å². The third kappa shape index (κ3) is 3.62. The van der Waals surface area contributed by atoms with Crippen LogP contribution in [-0.4, -0.2) is 16.9 Å². The molecule has 2 aromatic carbocycles. The molecule has 1 aromatic heterocycles. The fourth-order valence-corrected chi connectivity index (χ4v) is 2.60. The van der Waals surface area contributed by atoms with Gasteiger partial charge in [0.25, 0.3) is 5.88 Å². The molecular formula is C20H20N4O2. The lowest BCUT2D eigenvalue weighted by atomic mass is 10.1. The number of nitrogen functional groups attached to an aromatic ring is 1. The van der Waals surface area contributed by atoms with Gasteiger partial charge in [-0.05, 0) is 35.7 Å². The number of anilines is 1. The van der Waals surface area contributed by atoms with Gasteiger partial charge in [-0.15, -0.1) is 5.10 Å². The van der Waals surface area contributed by atoms with Gasteiger partial charge >= 0.3 is 0 Å². The minimum atomic E-state index is 0.252. The summed E-state index contributed by atoms with van der Waals surface area (Å²) in [5, 5.41) is 13.8. The van der Waals surface area contributed by atoms with Crippen molar-refractivity contribution < 1.29 is 9.47 Å². The lowest BCUT2D eigenvalue weighted by molar-refractivity contribution is 0.288. The van der Waals surface area contributed by atoms with Crippen molar-refractivity contribution in [2.45, 2.75) is 20.1 Å². The molecule has 0 aliphatic rings. The van der Waals surface area contributed by atoms with Gasteiger partial charge in [-0.3, -0.25) is 0 Å². The molecule has 0 saturated carbocycles. The number of nitriles is 1. The zero-order chi connectivity index (χ0) is 18.5. The van der Waals surface area contributed by atoms with E-state index in [9.17, 15) is 5.26 Å². The number of aromatic nitrogens is 2. The monoisotopic (exact) mass is 348 g/mol. The molecule has 0 unspecified atom stereocenters. The molecule has 0 aliphatic carbocycles. The van der Waals surface area contributed by atoms with Crippen molar-refractivity contribution >= 4 is 5.82 Å². The van der Waals surface area contributed by atoms with Crippen molar-refractivity contribution in [3.63, 3.8) is 0 Å². The van der Waals surface area contributed by atoms with E-state index in [2.05, 4.69) is 11.2 Å². The molecule has 0 saturated heterocycles. The van der Waals surface area contributed by atoms with Crippen molar-refractivity contribution in [2.24, 2.45) is 0 Å². The van der Waals surface area contributed by atoms with E-state index >= 15 is 0 Å². The third-order valence-corrected chi connectivity index (χ3v) is 4.19. The van der Waals surface area contributed by atoms with Gasteiger partial charge in [-0.1, -0.05) is 36.4 Å². The molecule has 0 amide bonds. The first kappa shape index (κ1) is 17.4. The maximum absolute atomic E-state index is 9.42. The number of rotatable bonds is 6. The highest BCUT2D eigenvalue weighted by Gasteiger charge is 2.17. The van der Waals surface area contributed by atoms with Crippen LogP contribution in [0.2, 0.25) is 0 Å². The molecule has 132 valence electrons. The van der Waals surface area contributed by atoms with Crippen LogP contribution in [-0.2, 0) is 13.2 Å². The van der Waals surface area contributed by atoms with Gasteiger partial charge in [-0.25, -0.2) is 4.68 Å². The summed E-state index contributed by atoms with van der Waals surface area (Å²) in [6.45, 7) is 2.79. The third-order valence-electron chi connectivity index (χ3n) is 4.19. The Morgan fingerprint density at radius 2 is 1.88 bits per heavy atom. The molecular weight excluding hydrogens is 328 g/mol. The van der Waals surface area contributed by atoms with E-state index in [1.165, 1.54) is 0 Å². The SMILES string of the molecule is COc1ccc(Cn2nc(OCc3ccccc3C)c(C#N)c2N)cc1. The van der Waals surface area contributed by atoms with E-state index in [0.29, 0.717) is 19.0 Å². The molecule has 1 heterocycles. The van der Waals surface area contributed by atoms with Gasteiger partial charge < -0.3 is 15.2 Å². The first-order chi connectivity index (χ1) is 12.6. The summed E-state index contributed by atoms with van der Waals surface area (Å²) in [6, 6.07) is 17.6. The van der Waals surface area contributed by atoms with Crippen LogP contribution in [0.3, 0.4) is 0 Å². The van der Waals surface area contributed by atoms with Gasteiger partial charge in [0.1, 0.15) is 24.2 Å². The number of hydrogen-bond donors (Lipinski definition) is 1. The zero-order valence-corrected chi connectivity index (χ0v) is 14.8. The predicted molar refractivity (Wildman–Crippen MR) is 99.0 cm³/mol. The fraction of sp³-hybridized carbons (Fsp3) is 0.200. The molecule has 0 atom stereocenters. The summed E-state index contributed by atoms with van der Waals surface area (Å²) in [5.41, 5.74) is 9.51. The summed E-state index contributed by atoms with van der Waals surface area (Å²) in [5.74, 6) is 1.33. The molecule has 0 fully saturated rings. The summed E-state index contributed by atoms with van der Waals surface area (Å²) in [6.07, 6.45) is 0. The second-order valence-corrected chi connectivity index (χ2v) is 5.90. The molecule has 3 rings (SSSR count).